The fourth-order valence-electron chi connectivity index (χ4n) is 5.20. The molecular formula is C21H31ClN2O3S. The molecule has 1 N–H and O–H groups in total. The number of nitrogens with zero attached hydrogens (tertiary/aromatic N) is 1. The highest BCUT2D eigenvalue weighted by molar-refractivity contribution is 7.93. The molecule has 3 fully saturated rings. The van der Waals surface area contributed by atoms with E-state index in [1.54, 1.807) is 12.1 Å². The van der Waals surface area contributed by atoms with Gasteiger partial charge in [0.2, 0.25) is 5.91 Å². The number of hydrogen-bond donors (Lipinski definition) is 1. The lowest BCUT2D eigenvalue weighted by atomic mass is 9.92. The van der Waals surface area contributed by atoms with E-state index in [0.717, 1.165) is 44.3 Å². The number of carbonyl (C=O) groups excluding carboxylic acids is 1. The summed E-state index contributed by atoms with van der Waals surface area (Å²) in [6, 6.07) is 6.97. The summed E-state index contributed by atoms with van der Waals surface area (Å²) in [6.45, 7) is 5.37. The van der Waals surface area contributed by atoms with Crippen LogP contribution in [0.15, 0.2) is 29.2 Å². The Bertz CT molecular complexity index is 789. The normalized spacial score (nSPS) is 27.0. The Kier molecular flexibility index (Phi) is 6.42. The molecule has 0 aromatic heterocycles. The number of fused-ring (bicyclic) bond motifs is 1. The van der Waals surface area contributed by atoms with E-state index in [4.69, 9.17) is 0 Å². The summed E-state index contributed by atoms with van der Waals surface area (Å²) < 4.78 is 25.9. The van der Waals surface area contributed by atoms with E-state index >= 15 is 0 Å². The number of hydrogen-bond acceptors (Lipinski definition) is 4. The monoisotopic (exact) mass is 426 g/mol. The summed E-state index contributed by atoms with van der Waals surface area (Å²) in [5.74, 6) is 1.10. The third kappa shape index (κ3) is 3.59. The molecule has 1 aromatic rings. The summed E-state index contributed by atoms with van der Waals surface area (Å²) in [4.78, 5) is 15.8. The third-order valence-electron chi connectivity index (χ3n) is 6.95. The van der Waals surface area contributed by atoms with Gasteiger partial charge in [0.1, 0.15) is 0 Å². The molecule has 0 unspecified atom stereocenters. The van der Waals surface area contributed by atoms with E-state index in [-0.39, 0.29) is 18.3 Å². The molecule has 2 aliphatic heterocycles. The van der Waals surface area contributed by atoms with E-state index in [2.05, 4.69) is 5.32 Å². The van der Waals surface area contributed by atoms with Crippen molar-refractivity contribution in [1.82, 2.24) is 10.2 Å². The van der Waals surface area contributed by atoms with Crippen LogP contribution in [0.2, 0.25) is 0 Å². The maximum Gasteiger partial charge on any atom is 0.244 e. The molecule has 2 heterocycles. The van der Waals surface area contributed by atoms with Gasteiger partial charge in [-0.05, 0) is 69.7 Å². The van der Waals surface area contributed by atoms with Crippen LogP contribution >= 0.6 is 12.4 Å². The number of halogens is 1. The minimum absolute atomic E-state index is 0. The van der Waals surface area contributed by atoms with Crippen molar-refractivity contribution in [3.63, 3.8) is 0 Å². The van der Waals surface area contributed by atoms with Crippen LogP contribution in [-0.2, 0) is 14.6 Å². The van der Waals surface area contributed by atoms with Gasteiger partial charge in [0.05, 0.1) is 4.90 Å². The Morgan fingerprint density at radius 1 is 1.04 bits per heavy atom. The van der Waals surface area contributed by atoms with Gasteiger partial charge in [-0.3, -0.25) is 4.79 Å². The largest absolute Gasteiger partial charge is 0.341 e. The molecule has 0 spiro atoms. The molecule has 0 bridgehead atoms. The Morgan fingerprint density at radius 3 is 2.11 bits per heavy atom. The lowest BCUT2D eigenvalue weighted by Gasteiger charge is -2.33. The van der Waals surface area contributed by atoms with Crippen molar-refractivity contribution in [2.45, 2.75) is 55.1 Å². The predicted octanol–water partition coefficient (Wildman–Crippen LogP) is 2.96. The number of carbonyl (C=O) groups is 1. The van der Waals surface area contributed by atoms with Crippen molar-refractivity contribution >= 4 is 28.2 Å². The van der Waals surface area contributed by atoms with Gasteiger partial charge in [0, 0.05) is 13.1 Å². The zero-order chi connectivity index (χ0) is 19.1. The molecule has 7 heteroatoms. The van der Waals surface area contributed by atoms with E-state index in [1.807, 2.05) is 24.0 Å². The van der Waals surface area contributed by atoms with Gasteiger partial charge < -0.3 is 10.2 Å². The zero-order valence-corrected chi connectivity index (χ0v) is 18.2. The molecule has 1 aromatic carbocycles. The van der Waals surface area contributed by atoms with Crippen LogP contribution in [0.3, 0.4) is 0 Å². The topological polar surface area (TPSA) is 66.5 Å². The quantitative estimate of drug-likeness (QED) is 0.806. The summed E-state index contributed by atoms with van der Waals surface area (Å²) in [5, 5.41) is 3.45. The highest BCUT2D eigenvalue weighted by atomic mass is 35.5. The maximum atomic E-state index is 13.6. The average Bonchev–Trinajstić information content (AvgIpc) is 3.29. The number of sulfone groups is 1. The molecule has 0 radical (unpaired) electrons. The van der Waals surface area contributed by atoms with E-state index < -0.39 is 14.6 Å². The molecule has 2 saturated heterocycles. The first kappa shape index (κ1) is 21.6. The van der Waals surface area contributed by atoms with Crippen molar-refractivity contribution in [3.05, 3.63) is 29.8 Å². The summed E-state index contributed by atoms with van der Waals surface area (Å²) in [6.07, 6.45) is 4.47. The molecule has 1 amide bonds. The first-order chi connectivity index (χ1) is 12.9. The fourth-order valence-corrected chi connectivity index (χ4v) is 7.33. The first-order valence-electron chi connectivity index (χ1n) is 10.3. The predicted molar refractivity (Wildman–Crippen MR) is 112 cm³/mol. The fraction of sp³-hybridized carbons (Fsp3) is 0.667. The highest BCUT2D eigenvalue weighted by Crippen LogP contribution is 2.42. The van der Waals surface area contributed by atoms with E-state index in [9.17, 15) is 13.2 Å². The van der Waals surface area contributed by atoms with Crippen molar-refractivity contribution in [2.75, 3.05) is 26.2 Å². The number of aryl methyl sites for hydroxylation is 1. The zero-order valence-electron chi connectivity index (χ0n) is 16.5. The average molecular weight is 427 g/mol. The smallest absolute Gasteiger partial charge is 0.244 e. The Balaban J connectivity index is 0.00000225. The highest BCUT2D eigenvalue weighted by Gasteiger charge is 2.54. The molecule has 28 heavy (non-hydrogen) atoms. The van der Waals surface area contributed by atoms with E-state index in [0.29, 0.717) is 42.7 Å². The van der Waals surface area contributed by atoms with Crippen molar-refractivity contribution in [1.29, 1.82) is 0 Å². The van der Waals surface area contributed by atoms with Crippen molar-refractivity contribution in [2.24, 2.45) is 11.8 Å². The second kappa shape index (κ2) is 8.33. The number of amides is 1. The molecule has 156 valence electrons. The molecule has 3 aliphatic rings. The Labute approximate surface area is 174 Å². The molecule has 4 rings (SSSR count). The van der Waals surface area contributed by atoms with Crippen LogP contribution in [-0.4, -0.2) is 50.2 Å². The van der Waals surface area contributed by atoms with Gasteiger partial charge in [-0.2, -0.15) is 0 Å². The SMILES string of the molecule is Cc1ccc(S(=O)(=O)C2(C(=O)N3CC[C@@H]4CNC[C@@H]4CC3)CCCC2)cc1.Cl. The number of rotatable bonds is 3. The van der Waals surface area contributed by atoms with E-state index in [1.165, 1.54) is 0 Å². The first-order valence-corrected chi connectivity index (χ1v) is 11.7. The third-order valence-corrected chi connectivity index (χ3v) is 9.46. The van der Waals surface area contributed by atoms with Gasteiger partial charge in [0.25, 0.3) is 0 Å². The number of likely N-dealkylation sites (tertiary alicyclic amines) is 1. The van der Waals surface area contributed by atoms with Gasteiger partial charge in [-0.15, -0.1) is 12.4 Å². The van der Waals surface area contributed by atoms with Gasteiger partial charge in [0.15, 0.2) is 14.6 Å². The molecule has 2 atom stereocenters. The van der Waals surface area contributed by atoms with Crippen LogP contribution in [0.4, 0.5) is 0 Å². The Morgan fingerprint density at radius 2 is 1.57 bits per heavy atom. The molecule has 1 saturated carbocycles. The van der Waals surface area contributed by atoms with Crippen LogP contribution in [0.25, 0.3) is 0 Å². The molecule has 5 nitrogen and oxygen atoms in total. The minimum atomic E-state index is -3.70. The Hall–Kier alpha value is -1.11. The van der Waals surface area contributed by atoms with Crippen molar-refractivity contribution < 1.29 is 13.2 Å². The summed E-state index contributed by atoms with van der Waals surface area (Å²) in [7, 11) is -3.70. The number of benzene rings is 1. The van der Waals surface area contributed by atoms with Gasteiger partial charge in [-0.1, -0.05) is 30.5 Å². The standard InChI is InChI=1S/C21H30N2O3S.ClH/c1-16-4-6-19(7-5-16)27(25,26)21(10-2-3-11-21)20(24)23-12-8-17-14-22-15-18(17)9-13-23;/h4-7,17-18,22H,2-3,8-15H2,1H3;1H/t17-,18+;. The van der Waals surface area contributed by atoms with Gasteiger partial charge in [-0.25, -0.2) is 8.42 Å². The van der Waals surface area contributed by atoms with Crippen molar-refractivity contribution in [3.8, 4) is 0 Å². The lowest BCUT2D eigenvalue weighted by Crippen LogP contribution is -2.52. The summed E-state index contributed by atoms with van der Waals surface area (Å²) in [5.41, 5.74) is 1.02. The summed E-state index contributed by atoms with van der Waals surface area (Å²) >= 11 is 0. The number of nitrogens with one attached hydrogen (secondary N) is 1. The van der Waals surface area contributed by atoms with Crippen LogP contribution in [0.1, 0.15) is 44.1 Å². The second-order valence-corrected chi connectivity index (χ2v) is 10.8. The minimum Gasteiger partial charge on any atom is -0.341 e. The second-order valence-electron chi connectivity index (χ2n) is 8.57. The molecule has 1 aliphatic carbocycles. The maximum absolute atomic E-state index is 13.6. The molecular weight excluding hydrogens is 396 g/mol. The lowest BCUT2D eigenvalue weighted by molar-refractivity contribution is -0.133. The van der Waals surface area contributed by atoms with Gasteiger partial charge >= 0.3 is 0 Å². The van der Waals surface area contributed by atoms with Crippen LogP contribution < -0.4 is 5.32 Å². The van der Waals surface area contributed by atoms with Crippen LogP contribution in [0.5, 0.6) is 0 Å². The van der Waals surface area contributed by atoms with Crippen LogP contribution in [0, 0.1) is 18.8 Å².